The number of furan rings is 1. The summed E-state index contributed by atoms with van der Waals surface area (Å²) >= 11 is 0. The summed E-state index contributed by atoms with van der Waals surface area (Å²) in [5.41, 5.74) is 2.63. The van der Waals surface area contributed by atoms with E-state index in [1.165, 1.54) is 41.2 Å². The van der Waals surface area contributed by atoms with Gasteiger partial charge in [0.25, 0.3) is 0 Å². The maximum atomic E-state index is 5.09. The van der Waals surface area contributed by atoms with E-state index < -0.39 is 0 Å². The van der Waals surface area contributed by atoms with E-state index in [1.54, 1.807) is 6.26 Å². The van der Waals surface area contributed by atoms with E-state index in [9.17, 15) is 0 Å². The Hall–Kier alpha value is -1.84. The number of nitrogens with zero attached hydrogens (tertiary/aromatic N) is 1. The van der Waals surface area contributed by atoms with Gasteiger partial charge in [-0.1, -0.05) is 18.6 Å². The predicted octanol–water partition coefficient (Wildman–Crippen LogP) is 5.14. The molecule has 0 saturated carbocycles. The van der Waals surface area contributed by atoms with Crippen LogP contribution in [0, 0.1) is 0 Å². The molecule has 2 heterocycles. The average molecular weight is 345 g/mol. The normalized spacial score (nSPS) is 12.0. The van der Waals surface area contributed by atoms with Gasteiger partial charge in [-0.15, -0.1) is 12.4 Å². The van der Waals surface area contributed by atoms with Gasteiger partial charge in [0.1, 0.15) is 0 Å². The number of aryl methyl sites for hydroxylation is 1. The second-order valence-electron chi connectivity index (χ2n) is 6.22. The molecule has 2 aromatic heterocycles. The zero-order valence-electron chi connectivity index (χ0n) is 14.1. The van der Waals surface area contributed by atoms with Gasteiger partial charge in [-0.2, -0.15) is 0 Å². The second kappa shape index (κ2) is 9.45. The van der Waals surface area contributed by atoms with Crippen LogP contribution in [0.25, 0.3) is 10.8 Å². The molecule has 1 N–H and O–H groups in total. The maximum Gasteiger partial charge on any atom is 0.0934 e. The quantitative estimate of drug-likeness (QED) is 0.575. The van der Waals surface area contributed by atoms with Crippen LogP contribution in [0.3, 0.4) is 0 Å². The van der Waals surface area contributed by atoms with Crippen molar-refractivity contribution in [3.63, 3.8) is 0 Å². The fourth-order valence-electron chi connectivity index (χ4n) is 2.85. The SMILES string of the molecule is C[C@H](CCCCc1ccoc1)NCc1ccc2cnccc2c1.Cl. The van der Waals surface area contributed by atoms with Crippen LogP contribution in [0.15, 0.2) is 59.7 Å². The monoisotopic (exact) mass is 344 g/mol. The van der Waals surface area contributed by atoms with Gasteiger partial charge in [-0.05, 0) is 60.9 Å². The third-order valence-electron chi connectivity index (χ3n) is 4.29. The average Bonchev–Trinajstić information content (AvgIpc) is 3.10. The molecule has 0 unspecified atom stereocenters. The van der Waals surface area contributed by atoms with E-state index in [0.717, 1.165) is 13.0 Å². The van der Waals surface area contributed by atoms with E-state index in [-0.39, 0.29) is 12.4 Å². The van der Waals surface area contributed by atoms with Crippen molar-refractivity contribution in [2.75, 3.05) is 0 Å². The van der Waals surface area contributed by atoms with Gasteiger partial charge in [0.2, 0.25) is 0 Å². The van der Waals surface area contributed by atoms with E-state index in [2.05, 4.69) is 47.6 Å². The lowest BCUT2D eigenvalue weighted by molar-refractivity contribution is 0.488. The van der Waals surface area contributed by atoms with Crippen molar-refractivity contribution in [3.8, 4) is 0 Å². The Morgan fingerprint density at radius 1 is 1.08 bits per heavy atom. The lowest BCUT2D eigenvalue weighted by Crippen LogP contribution is -2.25. The summed E-state index contributed by atoms with van der Waals surface area (Å²) in [5, 5.41) is 6.08. The first-order valence-electron chi connectivity index (χ1n) is 8.38. The number of fused-ring (bicyclic) bond motifs is 1. The van der Waals surface area contributed by atoms with E-state index in [4.69, 9.17) is 4.42 Å². The molecule has 4 heteroatoms. The molecule has 0 amide bonds. The predicted molar refractivity (Wildman–Crippen MR) is 102 cm³/mol. The molecule has 128 valence electrons. The minimum Gasteiger partial charge on any atom is -0.472 e. The van der Waals surface area contributed by atoms with Crippen LogP contribution in [-0.4, -0.2) is 11.0 Å². The van der Waals surface area contributed by atoms with Crippen LogP contribution in [0.4, 0.5) is 0 Å². The van der Waals surface area contributed by atoms with Crippen LogP contribution < -0.4 is 5.32 Å². The zero-order chi connectivity index (χ0) is 15.9. The van der Waals surface area contributed by atoms with Crippen LogP contribution in [0.2, 0.25) is 0 Å². The Kier molecular flexibility index (Phi) is 7.29. The fourth-order valence-corrected chi connectivity index (χ4v) is 2.85. The number of rotatable bonds is 8. The summed E-state index contributed by atoms with van der Waals surface area (Å²) in [6.07, 6.45) is 12.1. The summed E-state index contributed by atoms with van der Waals surface area (Å²) in [6.45, 7) is 3.18. The lowest BCUT2D eigenvalue weighted by Gasteiger charge is -2.14. The maximum absolute atomic E-state index is 5.09. The highest BCUT2D eigenvalue weighted by molar-refractivity contribution is 5.85. The Labute approximate surface area is 149 Å². The largest absolute Gasteiger partial charge is 0.472 e. The number of hydrogen-bond donors (Lipinski definition) is 1. The van der Waals surface area contributed by atoms with Gasteiger partial charge < -0.3 is 9.73 Å². The van der Waals surface area contributed by atoms with Gasteiger partial charge >= 0.3 is 0 Å². The molecule has 3 rings (SSSR count). The second-order valence-corrected chi connectivity index (χ2v) is 6.22. The van der Waals surface area contributed by atoms with Crippen LogP contribution in [0.5, 0.6) is 0 Å². The molecule has 0 fully saturated rings. The topological polar surface area (TPSA) is 38.1 Å². The van der Waals surface area contributed by atoms with Gasteiger partial charge in [-0.25, -0.2) is 0 Å². The first-order chi connectivity index (χ1) is 11.3. The number of benzene rings is 1. The molecule has 3 nitrogen and oxygen atoms in total. The lowest BCUT2D eigenvalue weighted by atomic mass is 10.1. The molecule has 0 saturated heterocycles. The van der Waals surface area contributed by atoms with Crippen LogP contribution in [0.1, 0.15) is 37.3 Å². The molecular formula is C20H25ClN2O. The Morgan fingerprint density at radius 3 is 2.83 bits per heavy atom. The van der Waals surface area contributed by atoms with Crippen LogP contribution in [-0.2, 0) is 13.0 Å². The van der Waals surface area contributed by atoms with E-state index >= 15 is 0 Å². The first-order valence-corrected chi connectivity index (χ1v) is 8.38. The zero-order valence-corrected chi connectivity index (χ0v) is 14.9. The van der Waals surface area contributed by atoms with Crippen molar-refractivity contribution in [1.29, 1.82) is 0 Å². The highest BCUT2D eigenvalue weighted by Crippen LogP contribution is 2.15. The standard InChI is InChI=1S/C20H24N2O.ClH/c1-16(4-2-3-5-17-9-11-23-15-17)22-13-18-6-7-20-14-21-10-8-19(20)12-18;/h6-12,14-16,22H,2-5,13H2,1H3;1H/t16-;/m1./s1. The summed E-state index contributed by atoms with van der Waals surface area (Å²) in [7, 11) is 0. The van der Waals surface area contributed by atoms with Crippen LogP contribution >= 0.6 is 12.4 Å². The Bertz CT molecular complexity index is 727. The highest BCUT2D eigenvalue weighted by Gasteiger charge is 2.03. The summed E-state index contributed by atoms with van der Waals surface area (Å²) < 4.78 is 5.09. The highest BCUT2D eigenvalue weighted by atomic mass is 35.5. The molecule has 0 aliphatic carbocycles. The minimum atomic E-state index is 0. The third kappa shape index (κ3) is 5.36. The Morgan fingerprint density at radius 2 is 2.00 bits per heavy atom. The van der Waals surface area contributed by atoms with Gasteiger partial charge in [0, 0.05) is 30.4 Å². The molecule has 1 aromatic carbocycles. The smallest absolute Gasteiger partial charge is 0.0934 e. The van der Waals surface area contributed by atoms with Crippen molar-refractivity contribution in [1.82, 2.24) is 10.3 Å². The van der Waals surface area contributed by atoms with Crippen molar-refractivity contribution >= 4 is 23.2 Å². The molecule has 0 aliphatic rings. The van der Waals surface area contributed by atoms with Crippen molar-refractivity contribution in [2.45, 2.75) is 45.2 Å². The molecule has 0 radical (unpaired) electrons. The molecule has 3 aromatic rings. The number of halogens is 1. The first kappa shape index (κ1) is 18.5. The number of pyridine rings is 1. The summed E-state index contributed by atoms with van der Waals surface area (Å²) in [5.74, 6) is 0. The van der Waals surface area contributed by atoms with Crippen molar-refractivity contribution in [3.05, 3.63) is 66.4 Å². The van der Waals surface area contributed by atoms with Crippen molar-refractivity contribution < 1.29 is 4.42 Å². The molecular weight excluding hydrogens is 320 g/mol. The number of aromatic nitrogens is 1. The fraction of sp³-hybridized carbons (Fsp3) is 0.350. The summed E-state index contributed by atoms with van der Waals surface area (Å²) in [6, 6.07) is 11.2. The van der Waals surface area contributed by atoms with Gasteiger partial charge in [0.15, 0.2) is 0 Å². The van der Waals surface area contributed by atoms with E-state index in [0.29, 0.717) is 6.04 Å². The molecule has 1 atom stereocenters. The van der Waals surface area contributed by atoms with Crippen molar-refractivity contribution in [2.24, 2.45) is 0 Å². The number of unbranched alkanes of at least 4 members (excludes halogenated alkanes) is 1. The van der Waals surface area contributed by atoms with E-state index in [1.807, 2.05) is 18.7 Å². The number of hydrogen-bond acceptors (Lipinski definition) is 3. The summed E-state index contributed by atoms with van der Waals surface area (Å²) in [4.78, 5) is 4.16. The Balaban J connectivity index is 0.00000208. The van der Waals surface area contributed by atoms with Gasteiger partial charge in [0.05, 0.1) is 12.5 Å². The molecule has 0 aliphatic heterocycles. The van der Waals surface area contributed by atoms with Gasteiger partial charge in [-0.3, -0.25) is 4.98 Å². The molecule has 0 spiro atoms. The minimum absolute atomic E-state index is 0. The molecule has 0 bridgehead atoms. The number of nitrogens with one attached hydrogen (secondary N) is 1. The molecule has 24 heavy (non-hydrogen) atoms. The third-order valence-corrected chi connectivity index (χ3v) is 4.29.